The molecule has 2 aromatic carbocycles. The Labute approximate surface area is 209 Å². The third-order valence-electron chi connectivity index (χ3n) is 5.37. The summed E-state index contributed by atoms with van der Waals surface area (Å²) in [5.74, 6) is -2.37. The lowest BCUT2D eigenvalue weighted by atomic mass is 10.1. The number of non-ortho nitro benzene ring substituents is 1. The van der Waals surface area contributed by atoms with Gasteiger partial charge in [-0.3, -0.25) is 14.9 Å². The smallest absolute Gasteiger partial charge is 0.343 e. The molecule has 0 N–H and O–H groups in total. The summed E-state index contributed by atoms with van der Waals surface area (Å²) in [6.07, 6.45) is 1.25. The maximum atomic E-state index is 14.4. The zero-order valence-electron chi connectivity index (χ0n) is 18.2. The molecule has 180 valence electrons. The number of carbonyl (C=O) groups excluding carboxylic acids is 1. The van der Waals surface area contributed by atoms with E-state index in [2.05, 4.69) is 15.9 Å². The second-order valence-corrected chi connectivity index (χ2v) is 9.01. The van der Waals surface area contributed by atoms with Crippen LogP contribution in [-0.4, -0.2) is 22.1 Å². The second kappa shape index (κ2) is 10.0. The van der Waals surface area contributed by atoms with Gasteiger partial charge in [0.1, 0.15) is 22.0 Å². The van der Waals surface area contributed by atoms with Crippen LogP contribution in [0.4, 0.5) is 14.5 Å². The van der Waals surface area contributed by atoms with Crippen LogP contribution >= 0.6 is 27.3 Å². The van der Waals surface area contributed by atoms with Gasteiger partial charge in [0, 0.05) is 34.1 Å². The van der Waals surface area contributed by atoms with E-state index in [9.17, 15) is 28.5 Å². The number of alkyl halides is 1. The normalized spacial score (nSPS) is 11.1. The molecule has 0 aliphatic rings. The maximum absolute atomic E-state index is 14.4. The van der Waals surface area contributed by atoms with Gasteiger partial charge in [0.15, 0.2) is 0 Å². The number of aromatic nitrogens is 1. The molecule has 11 heteroatoms. The Morgan fingerprint density at radius 3 is 2.37 bits per heavy atom. The molecule has 0 bridgehead atoms. The van der Waals surface area contributed by atoms with E-state index < -0.39 is 28.0 Å². The number of carbonyl (C=O) groups is 1. The average Bonchev–Trinajstić information content (AvgIpc) is 3.23. The molecule has 0 unspecified atom stereocenters. The number of fused-ring (bicyclic) bond motifs is 1. The van der Waals surface area contributed by atoms with Crippen molar-refractivity contribution in [3.63, 3.8) is 0 Å². The number of esters is 1. The minimum Gasteiger partial charge on any atom is -0.462 e. The van der Waals surface area contributed by atoms with Crippen LogP contribution in [0.2, 0.25) is 0 Å². The number of pyridine rings is 1. The molecule has 0 spiro atoms. The molecule has 4 rings (SSSR count). The molecule has 0 saturated carbocycles. The third-order valence-corrected chi connectivity index (χ3v) is 7.24. The number of nitro benzene ring substituents is 1. The highest BCUT2D eigenvalue weighted by molar-refractivity contribution is 9.08. The van der Waals surface area contributed by atoms with Crippen LogP contribution in [-0.2, 0) is 16.6 Å². The standard InChI is InChI=1S/C24H17BrF2N2O5S/c1-2-34-24(31)17-12-28(11-16-18(26)4-3-5-19(16)27)23-20(21(17)30)15(10-25)22(35-23)13-6-8-14(9-7-13)29(32)33/h3-9,12H,2,10-11H2,1H3. The van der Waals surface area contributed by atoms with Gasteiger partial charge < -0.3 is 9.30 Å². The number of hydrogen-bond donors (Lipinski definition) is 0. The summed E-state index contributed by atoms with van der Waals surface area (Å²) in [7, 11) is 0. The summed E-state index contributed by atoms with van der Waals surface area (Å²) in [6, 6.07) is 9.33. The number of hydrogen-bond acceptors (Lipinski definition) is 6. The summed E-state index contributed by atoms with van der Waals surface area (Å²) in [4.78, 5) is 37.5. The fourth-order valence-electron chi connectivity index (χ4n) is 3.72. The number of thiophene rings is 1. The number of benzene rings is 2. The number of ether oxygens (including phenoxy) is 1. The average molecular weight is 563 g/mol. The molecular formula is C24H17BrF2N2O5S. The van der Waals surface area contributed by atoms with Gasteiger partial charge >= 0.3 is 5.97 Å². The Hall–Kier alpha value is -3.44. The van der Waals surface area contributed by atoms with Crippen molar-refractivity contribution in [3.8, 4) is 10.4 Å². The molecule has 0 fully saturated rings. The zero-order chi connectivity index (χ0) is 25.3. The van der Waals surface area contributed by atoms with Crippen LogP contribution in [0.15, 0.2) is 53.5 Å². The maximum Gasteiger partial charge on any atom is 0.343 e. The summed E-state index contributed by atoms with van der Waals surface area (Å²) in [6.45, 7) is 1.37. The number of nitrogens with zero attached hydrogens (tertiary/aromatic N) is 2. The minimum absolute atomic E-state index is 0.0429. The van der Waals surface area contributed by atoms with Crippen molar-refractivity contribution in [2.45, 2.75) is 18.8 Å². The van der Waals surface area contributed by atoms with Gasteiger partial charge in [0.2, 0.25) is 5.43 Å². The third kappa shape index (κ3) is 4.61. The van der Waals surface area contributed by atoms with E-state index in [1.807, 2.05) is 0 Å². The van der Waals surface area contributed by atoms with E-state index in [-0.39, 0.29) is 40.7 Å². The molecule has 35 heavy (non-hydrogen) atoms. The lowest BCUT2D eigenvalue weighted by molar-refractivity contribution is -0.384. The minimum atomic E-state index is -0.842. The molecule has 0 aliphatic carbocycles. The molecule has 0 radical (unpaired) electrons. The first kappa shape index (κ1) is 24.7. The van der Waals surface area contributed by atoms with E-state index >= 15 is 0 Å². The van der Waals surface area contributed by atoms with E-state index in [0.717, 1.165) is 12.1 Å². The summed E-state index contributed by atoms with van der Waals surface area (Å²) >= 11 is 4.59. The quantitative estimate of drug-likeness (QED) is 0.118. The Morgan fingerprint density at radius 1 is 1.14 bits per heavy atom. The van der Waals surface area contributed by atoms with Crippen molar-refractivity contribution in [3.05, 3.63) is 97.3 Å². The van der Waals surface area contributed by atoms with E-state index in [0.29, 0.717) is 20.8 Å². The van der Waals surface area contributed by atoms with Crippen LogP contribution in [0, 0.1) is 21.7 Å². The molecule has 2 aromatic heterocycles. The summed E-state index contributed by atoms with van der Waals surface area (Å²) in [5, 5.41) is 11.5. The first-order valence-electron chi connectivity index (χ1n) is 10.4. The molecule has 7 nitrogen and oxygen atoms in total. The zero-order valence-corrected chi connectivity index (χ0v) is 20.6. The van der Waals surface area contributed by atoms with Crippen LogP contribution < -0.4 is 5.43 Å². The Kier molecular flexibility index (Phi) is 7.08. The largest absolute Gasteiger partial charge is 0.462 e. The van der Waals surface area contributed by atoms with Crippen molar-refractivity contribution in [1.82, 2.24) is 4.57 Å². The number of nitro groups is 1. The van der Waals surface area contributed by atoms with Gasteiger partial charge in [-0.2, -0.15) is 0 Å². The Bertz CT molecular complexity index is 1500. The van der Waals surface area contributed by atoms with Crippen molar-refractivity contribution in [2.75, 3.05) is 6.61 Å². The molecule has 0 saturated heterocycles. The van der Waals surface area contributed by atoms with E-state index in [1.54, 1.807) is 19.1 Å². The first-order chi connectivity index (χ1) is 16.8. The predicted octanol–water partition coefficient (Wildman–Crippen LogP) is 6.04. The summed E-state index contributed by atoms with van der Waals surface area (Å²) in [5.41, 5.74) is 0.0334. The van der Waals surface area contributed by atoms with Crippen LogP contribution in [0.25, 0.3) is 20.7 Å². The van der Waals surface area contributed by atoms with Crippen molar-refractivity contribution in [2.24, 2.45) is 0 Å². The monoisotopic (exact) mass is 562 g/mol. The molecule has 0 aliphatic heterocycles. The Balaban J connectivity index is 2.00. The highest BCUT2D eigenvalue weighted by atomic mass is 79.9. The number of halogens is 3. The number of rotatable bonds is 7. The molecular weight excluding hydrogens is 546 g/mol. The van der Waals surface area contributed by atoms with Gasteiger partial charge in [0.25, 0.3) is 5.69 Å². The molecule has 4 aromatic rings. The second-order valence-electron chi connectivity index (χ2n) is 7.45. The molecule has 0 amide bonds. The highest BCUT2D eigenvalue weighted by Crippen LogP contribution is 2.39. The van der Waals surface area contributed by atoms with Gasteiger partial charge in [-0.05, 0) is 42.3 Å². The Morgan fingerprint density at radius 2 is 1.80 bits per heavy atom. The van der Waals surface area contributed by atoms with Gasteiger partial charge in [-0.15, -0.1) is 11.3 Å². The SMILES string of the molecule is CCOC(=O)c1cn(Cc2c(F)cccc2F)c2sc(-c3ccc([N+](=O)[O-])cc3)c(CBr)c2c1=O. The van der Waals surface area contributed by atoms with E-state index in [4.69, 9.17) is 4.74 Å². The van der Waals surface area contributed by atoms with Crippen LogP contribution in [0.1, 0.15) is 28.4 Å². The molecule has 0 atom stereocenters. The molecule has 2 heterocycles. The van der Waals surface area contributed by atoms with Gasteiger partial charge in [-0.25, -0.2) is 13.6 Å². The first-order valence-corrected chi connectivity index (χ1v) is 12.3. The van der Waals surface area contributed by atoms with Crippen molar-refractivity contribution >= 4 is 49.1 Å². The highest BCUT2D eigenvalue weighted by Gasteiger charge is 2.24. The summed E-state index contributed by atoms with van der Waals surface area (Å²) < 4.78 is 35.4. The van der Waals surface area contributed by atoms with Crippen LogP contribution in [0.3, 0.4) is 0 Å². The van der Waals surface area contributed by atoms with Crippen molar-refractivity contribution < 1.29 is 23.2 Å². The van der Waals surface area contributed by atoms with Crippen molar-refractivity contribution in [1.29, 1.82) is 0 Å². The van der Waals surface area contributed by atoms with Gasteiger partial charge in [-0.1, -0.05) is 22.0 Å². The topological polar surface area (TPSA) is 91.4 Å². The predicted molar refractivity (Wildman–Crippen MR) is 132 cm³/mol. The van der Waals surface area contributed by atoms with E-state index in [1.165, 1.54) is 40.3 Å². The lowest BCUT2D eigenvalue weighted by Crippen LogP contribution is -2.21. The van der Waals surface area contributed by atoms with Crippen LogP contribution in [0.5, 0.6) is 0 Å². The lowest BCUT2D eigenvalue weighted by Gasteiger charge is -2.12. The fraction of sp³-hybridized carbons (Fsp3) is 0.167. The van der Waals surface area contributed by atoms with Gasteiger partial charge in [0.05, 0.1) is 23.5 Å². The fourth-order valence-corrected chi connectivity index (χ4v) is 5.76.